The van der Waals surface area contributed by atoms with Crippen LogP contribution in [0.3, 0.4) is 0 Å². The molecule has 0 saturated heterocycles. The molecule has 0 spiro atoms. The lowest BCUT2D eigenvalue weighted by atomic mass is 9.97. The Morgan fingerprint density at radius 3 is 2.41 bits per heavy atom. The van der Waals surface area contributed by atoms with Crippen molar-refractivity contribution in [2.75, 3.05) is 6.61 Å². The van der Waals surface area contributed by atoms with Crippen molar-refractivity contribution in [1.82, 2.24) is 4.98 Å². The minimum Gasteiger partial charge on any atom is -0.491 e. The molecule has 0 atom stereocenters. The molecule has 0 bridgehead atoms. The predicted molar refractivity (Wildman–Crippen MR) is 113 cm³/mol. The molecule has 27 heavy (non-hydrogen) atoms. The van der Waals surface area contributed by atoms with Crippen LogP contribution in [0.1, 0.15) is 43.7 Å². The minimum atomic E-state index is -0.312. The van der Waals surface area contributed by atoms with Gasteiger partial charge in [0.2, 0.25) is 0 Å². The van der Waals surface area contributed by atoms with Crippen LogP contribution in [0.25, 0.3) is 22.0 Å². The Balaban J connectivity index is 2.17. The van der Waals surface area contributed by atoms with Crippen molar-refractivity contribution >= 4 is 32.8 Å². The SMILES string of the molecule is CCOC(=O)c1[nH]c2ccc(Br)c(-c3ccc(OC(C)C)cc3)c2c1CC. The third-order valence-corrected chi connectivity index (χ3v) is 5.03. The molecule has 1 aromatic heterocycles. The van der Waals surface area contributed by atoms with E-state index in [2.05, 4.69) is 27.8 Å². The molecule has 0 unspecified atom stereocenters. The number of hydrogen-bond acceptors (Lipinski definition) is 3. The first-order valence-corrected chi connectivity index (χ1v) is 10.0. The zero-order valence-electron chi connectivity index (χ0n) is 16.1. The highest BCUT2D eigenvalue weighted by Gasteiger charge is 2.21. The predicted octanol–water partition coefficient (Wildman–Crippen LogP) is 6.12. The highest BCUT2D eigenvalue weighted by molar-refractivity contribution is 9.10. The van der Waals surface area contributed by atoms with Crippen LogP contribution in [-0.4, -0.2) is 23.7 Å². The number of carbonyl (C=O) groups is 1. The van der Waals surface area contributed by atoms with Gasteiger partial charge < -0.3 is 14.5 Å². The topological polar surface area (TPSA) is 51.3 Å². The molecule has 142 valence electrons. The van der Waals surface area contributed by atoms with Gasteiger partial charge >= 0.3 is 5.97 Å². The number of benzene rings is 2. The molecule has 1 heterocycles. The van der Waals surface area contributed by atoms with Crippen LogP contribution < -0.4 is 4.74 Å². The summed E-state index contributed by atoms with van der Waals surface area (Å²) in [6.45, 7) is 8.24. The molecule has 2 aromatic carbocycles. The first kappa shape index (κ1) is 19.5. The van der Waals surface area contributed by atoms with Gasteiger partial charge in [-0.15, -0.1) is 0 Å². The summed E-state index contributed by atoms with van der Waals surface area (Å²) < 4.78 is 12.0. The number of ether oxygens (including phenoxy) is 2. The third kappa shape index (κ3) is 3.88. The summed E-state index contributed by atoms with van der Waals surface area (Å²) in [4.78, 5) is 15.6. The van der Waals surface area contributed by atoms with Crippen molar-refractivity contribution in [3.63, 3.8) is 0 Å². The van der Waals surface area contributed by atoms with E-state index in [1.807, 2.05) is 57.2 Å². The van der Waals surface area contributed by atoms with Gasteiger partial charge in [-0.1, -0.05) is 35.0 Å². The largest absolute Gasteiger partial charge is 0.491 e. The van der Waals surface area contributed by atoms with E-state index in [1.54, 1.807) is 0 Å². The number of aromatic amines is 1. The van der Waals surface area contributed by atoms with Crippen molar-refractivity contribution in [3.05, 3.63) is 52.1 Å². The quantitative estimate of drug-likeness (QED) is 0.479. The van der Waals surface area contributed by atoms with Gasteiger partial charge in [0, 0.05) is 20.9 Å². The van der Waals surface area contributed by atoms with Crippen LogP contribution in [0.2, 0.25) is 0 Å². The molecule has 0 aliphatic carbocycles. The first-order chi connectivity index (χ1) is 13.0. The fourth-order valence-electron chi connectivity index (χ4n) is 3.32. The summed E-state index contributed by atoms with van der Waals surface area (Å²) in [5.41, 5.74) is 4.56. The molecule has 4 nitrogen and oxygen atoms in total. The second-order valence-corrected chi connectivity index (χ2v) is 7.44. The van der Waals surface area contributed by atoms with Crippen LogP contribution in [0.15, 0.2) is 40.9 Å². The zero-order valence-corrected chi connectivity index (χ0v) is 17.6. The number of hydrogen-bond donors (Lipinski definition) is 1. The zero-order chi connectivity index (χ0) is 19.6. The van der Waals surface area contributed by atoms with Crippen molar-refractivity contribution < 1.29 is 14.3 Å². The summed E-state index contributed by atoms with van der Waals surface area (Å²) in [5.74, 6) is 0.530. The summed E-state index contributed by atoms with van der Waals surface area (Å²) in [6, 6.07) is 12.0. The molecular weight excluding hydrogens is 406 g/mol. The number of halogens is 1. The normalized spacial score (nSPS) is 11.2. The Kier molecular flexibility index (Phi) is 5.90. The van der Waals surface area contributed by atoms with Gasteiger partial charge in [-0.2, -0.15) is 0 Å². The van der Waals surface area contributed by atoms with Crippen molar-refractivity contribution in [2.45, 2.75) is 40.2 Å². The van der Waals surface area contributed by atoms with Crippen LogP contribution in [0, 0.1) is 0 Å². The number of esters is 1. The molecule has 0 aliphatic heterocycles. The van der Waals surface area contributed by atoms with Gasteiger partial charge in [-0.3, -0.25) is 0 Å². The van der Waals surface area contributed by atoms with Crippen LogP contribution in [-0.2, 0) is 11.2 Å². The lowest BCUT2D eigenvalue weighted by Gasteiger charge is -2.12. The molecule has 3 aromatic rings. The summed E-state index contributed by atoms with van der Waals surface area (Å²) >= 11 is 3.69. The number of aromatic nitrogens is 1. The fraction of sp³-hybridized carbons (Fsp3) is 0.318. The Morgan fingerprint density at radius 1 is 1.11 bits per heavy atom. The van der Waals surface area contributed by atoms with E-state index in [9.17, 15) is 4.79 Å². The van der Waals surface area contributed by atoms with Crippen LogP contribution in [0.4, 0.5) is 0 Å². The van der Waals surface area contributed by atoms with E-state index in [0.29, 0.717) is 12.3 Å². The fourth-order valence-corrected chi connectivity index (χ4v) is 3.87. The van der Waals surface area contributed by atoms with E-state index in [-0.39, 0.29) is 12.1 Å². The second-order valence-electron chi connectivity index (χ2n) is 6.59. The van der Waals surface area contributed by atoms with Gasteiger partial charge in [0.05, 0.1) is 12.7 Å². The number of nitrogens with one attached hydrogen (secondary N) is 1. The van der Waals surface area contributed by atoms with E-state index < -0.39 is 0 Å². The van der Waals surface area contributed by atoms with Gasteiger partial charge in [-0.25, -0.2) is 4.79 Å². The van der Waals surface area contributed by atoms with Crippen molar-refractivity contribution in [2.24, 2.45) is 0 Å². The van der Waals surface area contributed by atoms with Crippen LogP contribution in [0.5, 0.6) is 5.75 Å². The summed E-state index contributed by atoms with van der Waals surface area (Å²) in [7, 11) is 0. The average molecular weight is 430 g/mol. The molecule has 0 saturated carbocycles. The number of rotatable bonds is 6. The Labute approximate surface area is 168 Å². The monoisotopic (exact) mass is 429 g/mol. The van der Waals surface area contributed by atoms with Crippen molar-refractivity contribution in [3.8, 4) is 16.9 Å². The lowest BCUT2D eigenvalue weighted by molar-refractivity contribution is 0.0519. The Bertz CT molecular complexity index is 958. The average Bonchev–Trinajstić information content (AvgIpc) is 3.01. The third-order valence-electron chi connectivity index (χ3n) is 4.37. The molecule has 1 N–H and O–H groups in total. The molecule has 0 radical (unpaired) electrons. The molecule has 0 amide bonds. The minimum absolute atomic E-state index is 0.134. The highest BCUT2D eigenvalue weighted by Crippen LogP contribution is 2.39. The smallest absolute Gasteiger partial charge is 0.355 e. The maximum absolute atomic E-state index is 12.4. The highest BCUT2D eigenvalue weighted by atomic mass is 79.9. The molecule has 0 fully saturated rings. The van der Waals surface area contributed by atoms with Crippen molar-refractivity contribution in [1.29, 1.82) is 0 Å². The van der Waals surface area contributed by atoms with Crippen LogP contribution >= 0.6 is 15.9 Å². The number of fused-ring (bicyclic) bond motifs is 1. The van der Waals surface area contributed by atoms with Gasteiger partial charge in [0.25, 0.3) is 0 Å². The number of H-pyrrole nitrogens is 1. The lowest BCUT2D eigenvalue weighted by Crippen LogP contribution is -2.07. The van der Waals surface area contributed by atoms with Gasteiger partial charge in [0.1, 0.15) is 11.4 Å². The molecule has 5 heteroatoms. The second kappa shape index (κ2) is 8.17. The summed E-state index contributed by atoms with van der Waals surface area (Å²) in [5, 5.41) is 1.05. The van der Waals surface area contributed by atoms with E-state index >= 15 is 0 Å². The Morgan fingerprint density at radius 2 is 1.81 bits per heavy atom. The molecular formula is C22H24BrNO3. The Hall–Kier alpha value is -2.27. The van der Waals surface area contributed by atoms with E-state index in [1.165, 1.54) is 0 Å². The van der Waals surface area contributed by atoms with Gasteiger partial charge in [-0.05, 0) is 62.6 Å². The first-order valence-electron chi connectivity index (χ1n) is 9.23. The molecule has 0 aliphatic rings. The van der Waals surface area contributed by atoms with E-state index in [0.717, 1.165) is 44.2 Å². The number of aryl methyl sites for hydroxylation is 1. The standard InChI is InChI=1S/C22H24BrNO3/c1-5-16-20-18(24-21(16)22(25)26-6-2)12-11-17(23)19(20)14-7-9-15(10-8-14)27-13(3)4/h7-13,24H,5-6H2,1-4H3. The maximum atomic E-state index is 12.4. The van der Waals surface area contributed by atoms with Gasteiger partial charge in [0.15, 0.2) is 0 Å². The summed E-state index contributed by atoms with van der Waals surface area (Å²) in [6.07, 6.45) is 0.862. The maximum Gasteiger partial charge on any atom is 0.355 e. The van der Waals surface area contributed by atoms with E-state index in [4.69, 9.17) is 9.47 Å². The number of carbonyl (C=O) groups excluding carboxylic acids is 1. The molecule has 3 rings (SSSR count).